The lowest BCUT2D eigenvalue weighted by Crippen LogP contribution is -2.02. The highest BCUT2D eigenvalue weighted by Crippen LogP contribution is 2.28. The molecule has 2 aromatic carbocycles. The van der Waals surface area contributed by atoms with Crippen molar-refractivity contribution in [2.75, 3.05) is 18.2 Å². The molecule has 3 nitrogen and oxygen atoms in total. The molecule has 94 valence electrons. The lowest BCUT2D eigenvalue weighted by atomic mass is 10.2. The number of nitrogens with two attached hydrogens (primary N) is 1. The van der Waals surface area contributed by atoms with Crippen LogP contribution >= 0.6 is 15.9 Å². The van der Waals surface area contributed by atoms with Gasteiger partial charge in [0.05, 0.1) is 11.6 Å². The zero-order chi connectivity index (χ0) is 13.0. The van der Waals surface area contributed by atoms with Crippen LogP contribution in [0.4, 0.5) is 11.4 Å². The lowest BCUT2D eigenvalue weighted by Gasteiger charge is -2.10. The number of anilines is 2. The molecular weight excluding hydrogens is 292 g/mol. The van der Waals surface area contributed by atoms with Gasteiger partial charge in [0.2, 0.25) is 0 Å². The highest BCUT2D eigenvalue weighted by molar-refractivity contribution is 9.10. The van der Waals surface area contributed by atoms with Crippen molar-refractivity contribution in [2.45, 2.75) is 6.54 Å². The number of rotatable bonds is 4. The van der Waals surface area contributed by atoms with E-state index in [2.05, 4.69) is 21.2 Å². The second kappa shape index (κ2) is 5.78. The Labute approximate surface area is 115 Å². The molecule has 0 fully saturated rings. The van der Waals surface area contributed by atoms with Crippen LogP contribution in [0.15, 0.2) is 46.9 Å². The van der Waals surface area contributed by atoms with Crippen LogP contribution in [-0.4, -0.2) is 7.11 Å². The minimum Gasteiger partial charge on any atom is -0.495 e. The van der Waals surface area contributed by atoms with Crippen molar-refractivity contribution in [2.24, 2.45) is 0 Å². The second-order valence-electron chi connectivity index (χ2n) is 3.90. The van der Waals surface area contributed by atoms with Gasteiger partial charge in [-0.15, -0.1) is 0 Å². The molecule has 0 unspecified atom stereocenters. The quantitative estimate of drug-likeness (QED) is 0.848. The normalized spacial score (nSPS) is 10.1. The van der Waals surface area contributed by atoms with Gasteiger partial charge in [-0.2, -0.15) is 0 Å². The zero-order valence-corrected chi connectivity index (χ0v) is 11.7. The summed E-state index contributed by atoms with van der Waals surface area (Å²) in [5.74, 6) is 0.807. The van der Waals surface area contributed by atoms with Gasteiger partial charge in [-0.1, -0.05) is 18.2 Å². The largest absolute Gasteiger partial charge is 0.495 e. The van der Waals surface area contributed by atoms with Crippen molar-refractivity contribution in [3.05, 3.63) is 52.5 Å². The van der Waals surface area contributed by atoms with Crippen LogP contribution in [0, 0.1) is 0 Å². The third-order valence-corrected chi connectivity index (χ3v) is 3.34. The number of hydrogen-bond donors (Lipinski definition) is 2. The van der Waals surface area contributed by atoms with Crippen molar-refractivity contribution in [3.8, 4) is 5.75 Å². The van der Waals surface area contributed by atoms with E-state index in [4.69, 9.17) is 10.5 Å². The maximum absolute atomic E-state index is 5.89. The third kappa shape index (κ3) is 2.96. The van der Waals surface area contributed by atoms with E-state index in [0.29, 0.717) is 6.54 Å². The minimum absolute atomic E-state index is 0.692. The first kappa shape index (κ1) is 12.8. The molecule has 0 radical (unpaired) electrons. The molecule has 0 aliphatic heterocycles. The predicted molar refractivity (Wildman–Crippen MR) is 78.9 cm³/mol. The number of nitrogen functional groups attached to an aromatic ring is 1. The molecule has 18 heavy (non-hydrogen) atoms. The van der Waals surface area contributed by atoms with E-state index in [9.17, 15) is 0 Å². The number of nitrogens with one attached hydrogen (secondary N) is 1. The van der Waals surface area contributed by atoms with Crippen molar-refractivity contribution < 1.29 is 4.74 Å². The van der Waals surface area contributed by atoms with E-state index in [1.807, 2.05) is 42.5 Å². The Morgan fingerprint density at radius 1 is 1.22 bits per heavy atom. The van der Waals surface area contributed by atoms with Gasteiger partial charge in [0.1, 0.15) is 5.75 Å². The molecular formula is C14H15BrN2O. The van der Waals surface area contributed by atoms with Crippen molar-refractivity contribution in [1.82, 2.24) is 0 Å². The van der Waals surface area contributed by atoms with Crippen LogP contribution < -0.4 is 15.8 Å². The summed E-state index contributed by atoms with van der Waals surface area (Å²) in [5, 5.41) is 3.32. The average Bonchev–Trinajstić information content (AvgIpc) is 2.39. The Balaban J connectivity index is 2.09. The Kier molecular flexibility index (Phi) is 4.10. The summed E-state index contributed by atoms with van der Waals surface area (Å²) in [6.45, 7) is 0.692. The Hall–Kier alpha value is -1.68. The van der Waals surface area contributed by atoms with Gasteiger partial charge in [0, 0.05) is 24.0 Å². The molecule has 0 saturated carbocycles. The number of benzene rings is 2. The van der Waals surface area contributed by atoms with E-state index in [0.717, 1.165) is 27.2 Å². The highest BCUT2D eigenvalue weighted by Gasteiger charge is 2.02. The Morgan fingerprint density at radius 3 is 2.72 bits per heavy atom. The van der Waals surface area contributed by atoms with Gasteiger partial charge in [-0.25, -0.2) is 0 Å². The fourth-order valence-electron chi connectivity index (χ4n) is 1.66. The molecule has 2 aromatic rings. The summed E-state index contributed by atoms with van der Waals surface area (Å²) in [5.41, 5.74) is 8.77. The molecule has 0 spiro atoms. The van der Waals surface area contributed by atoms with Crippen molar-refractivity contribution in [3.63, 3.8) is 0 Å². The van der Waals surface area contributed by atoms with E-state index in [-0.39, 0.29) is 0 Å². The first-order valence-electron chi connectivity index (χ1n) is 5.61. The van der Waals surface area contributed by atoms with E-state index >= 15 is 0 Å². The Morgan fingerprint density at radius 2 is 2.00 bits per heavy atom. The third-order valence-electron chi connectivity index (χ3n) is 2.69. The van der Waals surface area contributed by atoms with Gasteiger partial charge < -0.3 is 15.8 Å². The first-order chi connectivity index (χ1) is 8.70. The number of para-hydroxylation sites is 1. The smallest absolute Gasteiger partial charge is 0.135 e. The van der Waals surface area contributed by atoms with Crippen LogP contribution in [0.1, 0.15) is 5.56 Å². The van der Waals surface area contributed by atoms with Crippen LogP contribution in [-0.2, 0) is 6.54 Å². The number of hydrogen-bond acceptors (Lipinski definition) is 3. The fourth-order valence-corrected chi connectivity index (χ4v) is 2.07. The standard InChI is InChI=1S/C14H15BrN2O/c1-18-14-8-11(6-7-12(14)15)17-9-10-4-2-3-5-13(10)16/h2-8,17H,9,16H2,1H3. The topological polar surface area (TPSA) is 47.3 Å². The monoisotopic (exact) mass is 306 g/mol. The summed E-state index contributed by atoms with van der Waals surface area (Å²) in [4.78, 5) is 0. The van der Waals surface area contributed by atoms with Gasteiger partial charge in [0.15, 0.2) is 0 Å². The van der Waals surface area contributed by atoms with Gasteiger partial charge >= 0.3 is 0 Å². The van der Waals surface area contributed by atoms with Crippen molar-refractivity contribution in [1.29, 1.82) is 0 Å². The molecule has 0 atom stereocenters. The van der Waals surface area contributed by atoms with Gasteiger partial charge in [-0.3, -0.25) is 0 Å². The van der Waals surface area contributed by atoms with Crippen molar-refractivity contribution >= 4 is 27.3 Å². The summed E-state index contributed by atoms with van der Waals surface area (Å²) in [6, 6.07) is 13.7. The number of methoxy groups -OCH3 is 1. The predicted octanol–water partition coefficient (Wildman–Crippen LogP) is 3.65. The van der Waals surface area contributed by atoms with E-state index in [1.165, 1.54) is 0 Å². The fraction of sp³-hybridized carbons (Fsp3) is 0.143. The maximum atomic E-state index is 5.89. The van der Waals surface area contributed by atoms with Crippen LogP contribution in [0.5, 0.6) is 5.75 Å². The molecule has 0 bridgehead atoms. The zero-order valence-electron chi connectivity index (χ0n) is 10.1. The first-order valence-corrected chi connectivity index (χ1v) is 6.41. The maximum Gasteiger partial charge on any atom is 0.135 e. The molecule has 0 aliphatic rings. The summed E-state index contributed by atoms with van der Waals surface area (Å²) in [7, 11) is 1.65. The molecule has 0 saturated heterocycles. The summed E-state index contributed by atoms with van der Waals surface area (Å²) in [6.07, 6.45) is 0. The number of ether oxygens (including phenoxy) is 1. The molecule has 3 N–H and O–H groups in total. The summed E-state index contributed by atoms with van der Waals surface area (Å²) >= 11 is 3.43. The van der Waals surface area contributed by atoms with Crippen LogP contribution in [0.3, 0.4) is 0 Å². The molecule has 4 heteroatoms. The molecule has 2 rings (SSSR count). The van der Waals surface area contributed by atoms with Gasteiger partial charge in [-0.05, 0) is 39.7 Å². The van der Waals surface area contributed by atoms with Crippen LogP contribution in [0.25, 0.3) is 0 Å². The molecule has 0 heterocycles. The second-order valence-corrected chi connectivity index (χ2v) is 4.76. The Bertz CT molecular complexity index is 543. The summed E-state index contributed by atoms with van der Waals surface area (Å²) < 4.78 is 6.19. The molecule has 0 aromatic heterocycles. The molecule has 0 aliphatic carbocycles. The van der Waals surface area contributed by atoms with E-state index in [1.54, 1.807) is 7.11 Å². The van der Waals surface area contributed by atoms with Crippen LogP contribution in [0.2, 0.25) is 0 Å². The number of halogens is 1. The average molecular weight is 307 g/mol. The van der Waals surface area contributed by atoms with E-state index < -0.39 is 0 Å². The minimum atomic E-state index is 0.692. The molecule has 0 amide bonds. The van der Waals surface area contributed by atoms with Gasteiger partial charge in [0.25, 0.3) is 0 Å². The lowest BCUT2D eigenvalue weighted by molar-refractivity contribution is 0.412. The highest BCUT2D eigenvalue weighted by atomic mass is 79.9. The SMILES string of the molecule is COc1cc(NCc2ccccc2N)ccc1Br.